The summed E-state index contributed by atoms with van der Waals surface area (Å²) >= 11 is 1.49. The van der Waals surface area contributed by atoms with E-state index in [1.54, 1.807) is 0 Å². The minimum absolute atomic E-state index is 0.595. The predicted octanol–water partition coefficient (Wildman–Crippen LogP) is 2.95. The smallest absolute Gasteiger partial charge is 0.202 e. The number of hydrogen-bond acceptors (Lipinski definition) is 4. The highest BCUT2D eigenvalue weighted by atomic mass is 32.1. The average molecular weight is 225 g/mol. The summed E-state index contributed by atoms with van der Waals surface area (Å²) in [5.41, 5.74) is 0. The van der Waals surface area contributed by atoms with Gasteiger partial charge in [0.25, 0.3) is 0 Å². The molecule has 1 saturated carbocycles. The lowest BCUT2D eigenvalue weighted by molar-refractivity contribution is 0.435. The van der Waals surface area contributed by atoms with Gasteiger partial charge in [0, 0.05) is 24.0 Å². The molecule has 0 saturated heterocycles. The van der Waals surface area contributed by atoms with Crippen molar-refractivity contribution in [2.45, 2.75) is 46.1 Å². The van der Waals surface area contributed by atoms with E-state index in [2.05, 4.69) is 35.4 Å². The summed E-state index contributed by atoms with van der Waals surface area (Å²) in [6, 6.07) is 0.595. The first-order chi connectivity index (χ1) is 7.20. The lowest BCUT2D eigenvalue weighted by atomic mass is 9.98. The summed E-state index contributed by atoms with van der Waals surface area (Å²) in [4.78, 5) is 4.45. The van der Waals surface area contributed by atoms with E-state index in [-0.39, 0.29) is 0 Å². The van der Waals surface area contributed by atoms with Crippen LogP contribution >= 0.6 is 11.5 Å². The molecule has 15 heavy (non-hydrogen) atoms. The van der Waals surface area contributed by atoms with Gasteiger partial charge in [0.1, 0.15) is 5.82 Å². The van der Waals surface area contributed by atoms with Crippen LogP contribution in [-0.2, 0) is 6.42 Å². The molecule has 1 aromatic rings. The number of hydrogen-bond donors (Lipinski definition) is 1. The first kappa shape index (κ1) is 10.9. The molecular formula is C11H19N3S. The van der Waals surface area contributed by atoms with Crippen molar-refractivity contribution in [3.63, 3.8) is 0 Å². The van der Waals surface area contributed by atoms with Crippen LogP contribution in [0.4, 0.5) is 5.13 Å². The van der Waals surface area contributed by atoms with E-state index >= 15 is 0 Å². The standard InChI is InChI=1S/C11H19N3S/c1-4-10-13-11(15-14-10)12-9-6-5-7(2)8(9)3/h7-9H,4-6H2,1-3H3,(H,12,13,14). The maximum Gasteiger partial charge on any atom is 0.202 e. The second-order valence-corrected chi connectivity index (χ2v) is 5.29. The summed E-state index contributed by atoms with van der Waals surface area (Å²) in [6.07, 6.45) is 3.52. The van der Waals surface area contributed by atoms with Crippen LogP contribution in [0.5, 0.6) is 0 Å². The van der Waals surface area contributed by atoms with E-state index in [9.17, 15) is 0 Å². The molecule has 84 valence electrons. The average Bonchev–Trinajstić information content (AvgIpc) is 2.80. The Morgan fingerprint density at radius 1 is 1.40 bits per heavy atom. The lowest BCUT2D eigenvalue weighted by Crippen LogP contribution is -2.23. The van der Waals surface area contributed by atoms with Gasteiger partial charge in [-0.25, -0.2) is 4.98 Å². The van der Waals surface area contributed by atoms with Gasteiger partial charge in [0.2, 0.25) is 5.13 Å². The van der Waals surface area contributed by atoms with Crippen LogP contribution in [0.25, 0.3) is 0 Å². The summed E-state index contributed by atoms with van der Waals surface area (Å²) in [5.74, 6) is 2.54. The van der Waals surface area contributed by atoms with Crippen LogP contribution < -0.4 is 5.32 Å². The maximum absolute atomic E-state index is 4.45. The molecule has 0 bridgehead atoms. The fourth-order valence-electron chi connectivity index (χ4n) is 2.18. The fourth-order valence-corrected chi connectivity index (χ4v) is 2.90. The van der Waals surface area contributed by atoms with Crippen LogP contribution in [-0.4, -0.2) is 15.4 Å². The molecule has 1 heterocycles. The molecule has 1 N–H and O–H groups in total. The summed E-state index contributed by atoms with van der Waals surface area (Å²) in [7, 11) is 0. The molecule has 1 aromatic heterocycles. The molecular weight excluding hydrogens is 206 g/mol. The topological polar surface area (TPSA) is 37.8 Å². The minimum Gasteiger partial charge on any atom is -0.357 e. The third kappa shape index (κ3) is 2.30. The number of rotatable bonds is 3. The number of nitrogens with zero attached hydrogens (tertiary/aromatic N) is 2. The third-order valence-electron chi connectivity index (χ3n) is 3.56. The van der Waals surface area contributed by atoms with Crippen molar-refractivity contribution in [1.82, 2.24) is 9.36 Å². The Hall–Kier alpha value is -0.640. The second kappa shape index (κ2) is 4.47. The largest absolute Gasteiger partial charge is 0.357 e. The fraction of sp³-hybridized carbons (Fsp3) is 0.818. The van der Waals surface area contributed by atoms with Gasteiger partial charge in [0.15, 0.2) is 0 Å². The number of nitrogens with one attached hydrogen (secondary N) is 1. The minimum atomic E-state index is 0.595. The normalized spacial score (nSPS) is 30.7. The highest BCUT2D eigenvalue weighted by Gasteiger charge is 2.30. The van der Waals surface area contributed by atoms with Crippen molar-refractivity contribution < 1.29 is 0 Å². The van der Waals surface area contributed by atoms with Gasteiger partial charge in [-0.1, -0.05) is 20.8 Å². The van der Waals surface area contributed by atoms with Gasteiger partial charge >= 0.3 is 0 Å². The molecule has 0 aliphatic heterocycles. The van der Waals surface area contributed by atoms with E-state index in [0.717, 1.165) is 29.2 Å². The zero-order valence-corrected chi connectivity index (χ0v) is 10.5. The van der Waals surface area contributed by atoms with Crippen molar-refractivity contribution in [2.24, 2.45) is 11.8 Å². The van der Waals surface area contributed by atoms with E-state index in [0.29, 0.717) is 6.04 Å². The van der Waals surface area contributed by atoms with E-state index < -0.39 is 0 Å². The highest BCUT2D eigenvalue weighted by Crippen LogP contribution is 2.33. The van der Waals surface area contributed by atoms with E-state index in [1.807, 2.05) is 0 Å². The molecule has 1 aliphatic carbocycles. The zero-order chi connectivity index (χ0) is 10.8. The van der Waals surface area contributed by atoms with Crippen molar-refractivity contribution in [1.29, 1.82) is 0 Å². The Bertz CT molecular complexity index is 323. The zero-order valence-electron chi connectivity index (χ0n) is 9.66. The Kier molecular flexibility index (Phi) is 3.24. The van der Waals surface area contributed by atoms with Crippen molar-refractivity contribution in [2.75, 3.05) is 5.32 Å². The molecule has 0 radical (unpaired) electrons. The third-order valence-corrected chi connectivity index (χ3v) is 4.24. The van der Waals surface area contributed by atoms with Gasteiger partial charge in [-0.3, -0.25) is 0 Å². The Labute approximate surface area is 95.5 Å². The van der Waals surface area contributed by atoms with Gasteiger partial charge < -0.3 is 5.32 Å². The Balaban J connectivity index is 1.97. The molecule has 3 unspecified atom stereocenters. The summed E-state index contributed by atoms with van der Waals surface area (Å²) < 4.78 is 4.29. The van der Waals surface area contributed by atoms with Crippen molar-refractivity contribution in [3.8, 4) is 0 Å². The van der Waals surface area contributed by atoms with Gasteiger partial charge in [-0.15, -0.1) is 0 Å². The molecule has 3 nitrogen and oxygen atoms in total. The quantitative estimate of drug-likeness (QED) is 0.859. The number of aryl methyl sites for hydroxylation is 1. The van der Waals surface area contributed by atoms with E-state index in [4.69, 9.17) is 0 Å². The van der Waals surface area contributed by atoms with Crippen molar-refractivity contribution in [3.05, 3.63) is 5.82 Å². The summed E-state index contributed by atoms with van der Waals surface area (Å²) in [6.45, 7) is 6.76. The maximum atomic E-state index is 4.45. The Morgan fingerprint density at radius 2 is 2.20 bits per heavy atom. The van der Waals surface area contributed by atoms with Crippen LogP contribution in [0.2, 0.25) is 0 Å². The second-order valence-electron chi connectivity index (χ2n) is 4.53. The SMILES string of the molecule is CCc1nsc(NC2CCC(C)C2C)n1. The predicted molar refractivity (Wildman–Crippen MR) is 64.3 cm³/mol. The van der Waals surface area contributed by atoms with Crippen molar-refractivity contribution >= 4 is 16.7 Å². The highest BCUT2D eigenvalue weighted by molar-refractivity contribution is 7.09. The monoisotopic (exact) mass is 225 g/mol. The van der Waals surface area contributed by atoms with Gasteiger partial charge in [-0.05, 0) is 24.7 Å². The first-order valence-corrected chi connectivity index (χ1v) is 6.57. The van der Waals surface area contributed by atoms with Crippen LogP contribution in [0.15, 0.2) is 0 Å². The number of anilines is 1. The molecule has 1 fully saturated rings. The molecule has 4 heteroatoms. The van der Waals surface area contributed by atoms with Crippen LogP contribution in [0, 0.1) is 11.8 Å². The molecule has 1 aliphatic rings. The first-order valence-electron chi connectivity index (χ1n) is 5.79. The summed E-state index contributed by atoms with van der Waals surface area (Å²) in [5, 5.41) is 4.52. The molecule has 3 atom stereocenters. The van der Waals surface area contributed by atoms with Gasteiger partial charge in [0.05, 0.1) is 0 Å². The molecule has 0 aromatic carbocycles. The lowest BCUT2D eigenvalue weighted by Gasteiger charge is -2.18. The number of aromatic nitrogens is 2. The molecule has 0 spiro atoms. The molecule has 2 rings (SSSR count). The van der Waals surface area contributed by atoms with Gasteiger partial charge in [-0.2, -0.15) is 4.37 Å². The van der Waals surface area contributed by atoms with E-state index in [1.165, 1.54) is 24.4 Å². The Morgan fingerprint density at radius 3 is 2.73 bits per heavy atom. The van der Waals surface area contributed by atoms with Crippen LogP contribution in [0.1, 0.15) is 39.4 Å². The van der Waals surface area contributed by atoms with Crippen LogP contribution in [0.3, 0.4) is 0 Å². The molecule has 0 amide bonds.